The Morgan fingerprint density at radius 2 is 2.21 bits per heavy atom. The lowest BCUT2D eigenvalue weighted by Gasteiger charge is -2.25. The molecule has 1 aliphatic rings. The molecule has 0 bridgehead atoms. The first kappa shape index (κ1) is 13.9. The Balaban J connectivity index is 2.33. The van der Waals surface area contributed by atoms with Gasteiger partial charge in [-0.1, -0.05) is 6.92 Å². The average Bonchev–Trinajstić information content (AvgIpc) is 2.91. The molecule has 1 amide bonds. The number of aromatic nitrogens is 1. The fraction of sp³-hybridized carbons (Fsp3) is 0.583. The Bertz CT molecular complexity index is 514. The van der Waals surface area contributed by atoms with Crippen molar-refractivity contribution in [3.05, 3.63) is 17.3 Å². The molecule has 0 saturated carbocycles. The summed E-state index contributed by atoms with van der Waals surface area (Å²) in [5, 5.41) is 9.09. The normalized spacial score (nSPS) is 22.8. The van der Waals surface area contributed by atoms with Gasteiger partial charge in [0.15, 0.2) is 5.89 Å². The first-order valence-electron chi connectivity index (χ1n) is 6.06. The summed E-state index contributed by atoms with van der Waals surface area (Å²) in [4.78, 5) is 29.2. The zero-order chi connectivity index (χ0) is 14.2. The number of carbonyl (C=O) groups excluding carboxylic acids is 1. The summed E-state index contributed by atoms with van der Waals surface area (Å²) in [5.41, 5.74) is 0.499. The molecule has 19 heavy (non-hydrogen) atoms. The van der Waals surface area contributed by atoms with Gasteiger partial charge >= 0.3 is 5.97 Å². The number of nitrogens with zero attached hydrogens (tertiary/aromatic N) is 2. The summed E-state index contributed by atoms with van der Waals surface area (Å²) < 4.78 is 5.30. The maximum absolute atomic E-state index is 12.5. The highest BCUT2D eigenvalue weighted by Gasteiger charge is 2.42. The van der Waals surface area contributed by atoms with Crippen molar-refractivity contribution in [3.63, 3.8) is 0 Å². The molecule has 2 atom stereocenters. The SMILES string of the molecule is CCC1SCC(C(=O)O)N1C(=O)c1oc(C)nc1C. The molecule has 1 aromatic rings. The molecule has 0 spiro atoms. The molecule has 1 N–H and O–H groups in total. The van der Waals surface area contributed by atoms with Gasteiger partial charge in [-0.3, -0.25) is 4.79 Å². The molecule has 2 unspecified atom stereocenters. The van der Waals surface area contributed by atoms with Gasteiger partial charge in [-0.25, -0.2) is 9.78 Å². The molecule has 1 fully saturated rings. The van der Waals surface area contributed by atoms with Crippen molar-refractivity contribution in [3.8, 4) is 0 Å². The molecule has 0 radical (unpaired) electrons. The van der Waals surface area contributed by atoms with E-state index in [1.807, 2.05) is 6.92 Å². The second-order valence-corrected chi connectivity index (χ2v) is 5.62. The Morgan fingerprint density at radius 1 is 1.53 bits per heavy atom. The topological polar surface area (TPSA) is 83.6 Å². The number of hydrogen-bond donors (Lipinski definition) is 1. The molecule has 104 valence electrons. The lowest BCUT2D eigenvalue weighted by molar-refractivity contribution is -0.141. The number of oxazole rings is 1. The number of hydrogen-bond acceptors (Lipinski definition) is 5. The fourth-order valence-corrected chi connectivity index (χ4v) is 3.53. The lowest BCUT2D eigenvalue weighted by Crippen LogP contribution is -2.45. The molecular formula is C12H16N2O4S. The van der Waals surface area contributed by atoms with E-state index in [4.69, 9.17) is 4.42 Å². The van der Waals surface area contributed by atoms with E-state index in [9.17, 15) is 14.7 Å². The highest BCUT2D eigenvalue weighted by Crippen LogP contribution is 2.33. The Labute approximate surface area is 115 Å². The van der Waals surface area contributed by atoms with Crippen molar-refractivity contribution in [1.29, 1.82) is 0 Å². The molecule has 2 rings (SSSR count). The summed E-state index contributed by atoms with van der Waals surface area (Å²) in [6.45, 7) is 5.28. The highest BCUT2D eigenvalue weighted by molar-refractivity contribution is 8.00. The summed E-state index contributed by atoms with van der Waals surface area (Å²) in [7, 11) is 0. The van der Waals surface area contributed by atoms with Crippen LogP contribution in [0.4, 0.5) is 0 Å². The standard InChI is InChI=1S/C12H16N2O4S/c1-4-9-14(8(5-19-9)12(16)17)11(15)10-6(2)13-7(3)18-10/h8-9H,4-5H2,1-3H3,(H,16,17). The molecule has 6 nitrogen and oxygen atoms in total. The summed E-state index contributed by atoms with van der Waals surface area (Å²) in [5.74, 6) is -0.406. The van der Waals surface area contributed by atoms with Crippen LogP contribution in [0.3, 0.4) is 0 Å². The minimum atomic E-state index is -0.981. The minimum absolute atomic E-state index is 0.126. The maximum Gasteiger partial charge on any atom is 0.327 e. The third-order valence-electron chi connectivity index (χ3n) is 3.06. The molecule has 1 aromatic heterocycles. The quantitative estimate of drug-likeness (QED) is 0.909. The van der Waals surface area contributed by atoms with Crippen LogP contribution < -0.4 is 0 Å². The molecule has 0 aliphatic carbocycles. The van der Waals surface area contributed by atoms with Gasteiger partial charge in [0.05, 0.1) is 11.1 Å². The minimum Gasteiger partial charge on any atom is -0.480 e. The maximum atomic E-state index is 12.5. The van der Waals surface area contributed by atoms with E-state index < -0.39 is 12.0 Å². The van der Waals surface area contributed by atoms with Crippen molar-refractivity contribution in [2.75, 3.05) is 5.75 Å². The monoisotopic (exact) mass is 284 g/mol. The van der Waals surface area contributed by atoms with Crippen LogP contribution >= 0.6 is 11.8 Å². The van der Waals surface area contributed by atoms with E-state index >= 15 is 0 Å². The van der Waals surface area contributed by atoms with Gasteiger partial charge in [-0.2, -0.15) is 0 Å². The Kier molecular flexibility index (Phi) is 3.84. The summed E-state index contributed by atoms with van der Waals surface area (Å²) in [6.07, 6.45) is 0.701. The average molecular weight is 284 g/mol. The number of thioether (sulfide) groups is 1. The highest BCUT2D eigenvalue weighted by atomic mass is 32.2. The fourth-order valence-electron chi connectivity index (χ4n) is 2.19. The van der Waals surface area contributed by atoms with Gasteiger partial charge in [-0.15, -0.1) is 11.8 Å². The number of carbonyl (C=O) groups is 2. The smallest absolute Gasteiger partial charge is 0.327 e. The van der Waals surface area contributed by atoms with Crippen molar-refractivity contribution >= 4 is 23.6 Å². The van der Waals surface area contributed by atoms with Crippen LogP contribution in [0.5, 0.6) is 0 Å². The number of carboxylic acids is 1. The van der Waals surface area contributed by atoms with Gasteiger partial charge in [-0.05, 0) is 13.3 Å². The number of aryl methyl sites for hydroxylation is 2. The first-order valence-corrected chi connectivity index (χ1v) is 7.11. The zero-order valence-electron chi connectivity index (χ0n) is 11.0. The van der Waals surface area contributed by atoms with E-state index in [0.29, 0.717) is 23.8 Å². The van der Waals surface area contributed by atoms with Crippen molar-refractivity contribution in [1.82, 2.24) is 9.88 Å². The van der Waals surface area contributed by atoms with Crippen LogP contribution in [0.15, 0.2) is 4.42 Å². The molecular weight excluding hydrogens is 268 g/mol. The summed E-state index contributed by atoms with van der Waals surface area (Å²) >= 11 is 1.48. The number of aliphatic carboxylic acids is 1. The number of amides is 1. The van der Waals surface area contributed by atoms with Crippen LogP contribution in [0.25, 0.3) is 0 Å². The largest absolute Gasteiger partial charge is 0.480 e. The van der Waals surface area contributed by atoms with E-state index in [1.165, 1.54) is 16.7 Å². The van der Waals surface area contributed by atoms with Crippen LogP contribution in [0.1, 0.15) is 35.5 Å². The molecule has 7 heteroatoms. The van der Waals surface area contributed by atoms with E-state index in [-0.39, 0.29) is 17.0 Å². The van der Waals surface area contributed by atoms with Gasteiger partial charge in [0.2, 0.25) is 5.76 Å². The van der Waals surface area contributed by atoms with Gasteiger partial charge in [0.1, 0.15) is 6.04 Å². The predicted molar refractivity (Wildman–Crippen MR) is 70.1 cm³/mol. The summed E-state index contributed by atoms with van der Waals surface area (Å²) in [6, 6.07) is -0.799. The Morgan fingerprint density at radius 3 is 2.68 bits per heavy atom. The molecule has 2 heterocycles. The predicted octanol–water partition coefficient (Wildman–Crippen LogP) is 1.67. The van der Waals surface area contributed by atoms with E-state index in [1.54, 1.807) is 13.8 Å². The van der Waals surface area contributed by atoms with E-state index in [2.05, 4.69) is 4.98 Å². The number of carboxylic acid groups (broad SMARTS) is 1. The van der Waals surface area contributed by atoms with Crippen molar-refractivity contribution in [2.24, 2.45) is 0 Å². The third kappa shape index (κ3) is 2.47. The van der Waals surface area contributed by atoms with Crippen molar-refractivity contribution in [2.45, 2.75) is 38.6 Å². The van der Waals surface area contributed by atoms with E-state index in [0.717, 1.165) is 0 Å². The zero-order valence-corrected chi connectivity index (χ0v) is 11.9. The van der Waals surface area contributed by atoms with Crippen molar-refractivity contribution < 1.29 is 19.1 Å². The second kappa shape index (κ2) is 5.24. The lowest BCUT2D eigenvalue weighted by atomic mass is 10.2. The van der Waals surface area contributed by atoms with Gasteiger partial charge in [0, 0.05) is 12.7 Å². The Hall–Kier alpha value is -1.50. The van der Waals surface area contributed by atoms with Crippen LogP contribution in [0.2, 0.25) is 0 Å². The van der Waals surface area contributed by atoms with Crippen LogP contribution in [0, 0.1) is 13.8 Å². The molecule has 1 aliphatic heterocycles. The van der Waals surface area contributed by atoms with Gasteiger partial charge in [0.25, 0.3) is 5.91 Å². The second-order valence-electron chi connectivity index (χ2n) is 4.41. The molecule has 1 saturated heterocycles. The third-order valence-corrected chi connectivity index (χ3v) is 4.51. The number of rotatable bonds is 3. The van der Waals surface area contributed by atoms with Gasteiger partial charge < -0.3 is 14.4 Å². The molecule has 0 aromatic carbocycles. The van der Waals surface area contributed by atoms with Crippen LogP contribution in [-0.4, -0.2) is 44.0 Å². The van der Waals surface area contributed by atoms with Crippen LogP contribution in [-0.2, 0) is 4.79 Å². The first-order chi connectivity index (χ1) is 8.95.